The third-order valence-corrected chi connectivity index (χ3v) is 7.22. The fraction of sp³-hybridized carbons (Fsp3) is 0.455. The van der Waals surface area contributed by atoms with E-state index in [2.05, 4.69) is 22.0 Å². The van der Waals surface area contributed by atoms with Crippen molar-refractivity contribution in [3.05, 3.63) is 63.0 Å². The van der Waals surface area contributed by atoms with E-state index in [-0.39, 0.29) is 5.56 Å². The number of aryl methyl sites for hydroxylation is 3. The Morgan fingerprint density at radius 1 is 1.18 bits per heavy atom. The number of rotatable bonds is 4. The van der Waals surface area contributed by atoms with Crippen LogP contribution in [-0.2, 0) is 30.5 Å². The molecule has 0 N–H and O–H groups in total. The van der Waals surface area contributed by atoms with Crippen LogP contribution in [0, 0.1) is 0 Å². The molecule has 0 amide bonds. The van der Waals surface area contributed by atoms with Crippen LogP contribution in [0.4, 0.5) is 0 Å². The number of ether oxygens (including phenoxy) is 1. The third kappa shape index (κ3) is 3.41. The van der Waals surface area contributed by atoms with E-state index in [0.29, 0.717) is 12.6 Å². The highest BCUT2D eigenvalue weighted by Gasteiger charge is 2.29. The minimum atomic E-state index is 0.128. The van der Waals surface area contributed by atoms with Crippen LogP contribution in [-0.4, -0.2) is 46.8 Å². The van der Waals surface area contributed by atoms with Crippen molar-refractivity contribution in [2.24, 2.45) is 0 Å². The van der Waals surface area contributed by atoms with Crippen molar-refractivity contribution >= 4 is 21.6 Å². The Kier molecular flexibility index (Phi) is 5.01. The van der Waals surface area contributed by atoms with Gasteiger partial charge in [-0.2, -0.15) is 0 Å². The molecule has 3 heterocycles. The molecule has 0 saturated carbocycles. The Bertz CT molecular complexity index is 1020. The number of hydrogen-bond acceptors (Lipinski definition) is 5. The Labute approximate surface area is 168 Å². The number of fused-ring (bicyclic) bond motifs is 3. The van der Waals surface area contributed by atoms with Crippen molar-refractivity contribution in [2.75, 3.05) is 26.3 Å². The van der Waals surface area contributed by atoms with E-state index >= 15 is 0 Å². The van der Waals surface area contributed by atoms with Crippen molar-refractivity contribution < 1.29 is 4.74 Å². The van der Waals surface area contributed by atoms with Crippen LogP contribution in [0.1, 0.15) is 22.4 Å². The monoisotopic (exact) mass is 395 g/mol. The Morgan fingerprint density at radius 3 is 2.82 bits per heavy atom. The van der Waals surface area contributed by atoms with Gasteiger partial charge in [0, 0.05) is 30.6 Å². The lowest BCUT2D eigenvalue weighted by atomic mass is 9.92. The SMILES string of the molecule is O=c1c2c3c(sc2ncn1CCc1ccccc1)CC(N1CCOCC1)CC3. The van der Waals surface area contributed by atoms with E-state index in [4.69, 9.17) is 4.74 Å². The molecule has 1 aliphatic heterocycles. The molecule has 28 heavy (non-hydrogen) atoms. The van der Waals surface area contributed by atoms with Crippen LogP contribution in [0.5, 0.6) is 0 Å². The van der Waals surface area contributed by atoms with E-state index in [1.165, 1.54) is 16.0 Å². The highest BCUT2D eigenvalue weighted by molar-refractivity contribution is 7.18. The molecule has 1 unspecified atom stereocenters. The second-order valence-electron chi connectivity index (χ2n) is 7.71. The Balaban J connectivity index is 1.40. The molecule has 6 heteroatoms. The van der Waals surface area contributed by atoms with Gasteiger partial charge in [-0.25, -0.2) is 4.98 Å². The molecule has 2 aromatic heterocycles. The van der Waals surface area contributed by atoms with Gasteiger partial charge >= 0.3 is 0 Å². The molecule has 1 aliphatic carbocycles. The lowest BCUT2D eigenvalue weighted by Crippen LogP contribution is -2.45. The van der Waals surface area contributed by atoms with Crippen LogP contribution in [0.25, 0.3) is 10.2 Å². The van der Waals surface area contributed by atoms with Gasteiger partial charge in [0.2, 0.25) is 0 Å². The third-order valence-electron chi connectivity index (χ3n) is 6.06. The first-order valence-electron chi connectivity index (χ1n) is 10.1. The summed E-state index contributed by atoms with van der Waals surface area (Å²) in [4.78, 5) is 22.6. The van der Waals surface area contributed by atoms with E-state index in [1.807, 2.05) is 18.2 Å². The van der Waals surface area contributed by atoms with Gasteiger partial charge in [-0.05, 0) is 36.8 Å². The van der Waals surface area contributed by atoms with Crippen LogP contribution >= 0.6 is 11.3 Å². The van der Waals surface area contributed by atoms with E-state index < -0.39 is 0 Å². The second-order valence-corrected chi connectivity index (χ2v) is 8.79. The number of benzene rings is 1. The van der Waals surface area contributed by atoms with Gasteiger partial charge in [0.1, 0.15) is 4.83 Å². The first-order valence-corrected chi connectivity index (χ1v) is 11.0. The molecule has 1 saturated heterocycles. The second kappa shape index (κ2) is 7.78. The average molecular weight is 396 g/mol. The minimum absolute atomic E-state index is 0.128. The largest absolute Gasteiger partial charge is 0.379 e. The molecule has 5 rings (SSSR count). The summed E-state index contributed by atoms with van der Waals surface area (Å²) in [6.07, 6.45) is 5.72. The molecule has 1 atom stereocenters. The van der Waals surface area contributed by atoms with Gasteiger partial charge < -0.3 is 4.74 Å². The van der Waals surface area contributed by atoms with Gasteiger partial charge in [0.05, 0.1) is 24.9 Å². The summed E-state index contributed by atoms with van der Waals surface area (Å²) in [7, 11) is 0. The van der Waals surface area contributed by atoms with E-state index in [1.54, 1.807) is 22.2 Å². The van der Waals surface area contributed by atoms with E-state index in [0.717, 1.165) is 62.2 Å². The van der Waals surface area contributed by atoms with Crippen LogP contribution < -0.4 is 5.56 Å². The van der Waals surface area contributed by atoms with Crippen molar-refractivity contribution in [1.82, 2.24) is 14.5 Å². The maximum atomic E-state index is 13.2. The molecule has 2 aliphatic rings. The summed E-state index contributed by atoms with van der Waals surface area (Å²) in [5, 5.41) is 0.871. The standard InChI is InChI=1S/C22H25N3O2S/c26-22-20-18-7-6-17(24-10-12-27-13-11-24)14-19(18)28-21(20)23-15-25(22)9-8-16-4-2-1-3-5-16/h1-5,15,17H,6-14H2. The fourth-order valence-corrected chi connectivity index (χ4v) is 5.74. The zero-order valence-corrected chi connectivity index (χ0v) is 16.8. The highest BCUT2D eigenvalue weighted by Crippen LogP contribution is 2.35. The molecule has 0 spiro atoms. The molecule has 3 aromatic rings. The summed E-state index contributed by atoms with van der Waals surface area (Å²) in [5.41, 5.74) is 2.63. The number of thiophene rings is 1. The minimum Gasteiger partial charge on any atom is -0.379 e. The molecule has 1 aromatic carbocycles. The molecular formula is C22H25N3O2S. The van der Waals surface area contributed by atoms with Crippen molar-refractivity contribution in [3.63, 3.8) is 0 Å². The predicted octanol–water partition coefficient (Wildman–Crippen LogP) is 2.89. The first-order chi connectivity index (χ1) is 13.8. The number of hydrogen-bond donors (Lipinski definition) is 0. The zero-order chi connectivity index (χ0) is 18.9. The van der Waals surface area contributed by atoms with Crippen molar-refractivity contribution in [2.45, 2.75) is 38.3 Å². The predicted molar refractivity (Wildman–Crippen MR) is 112 cm³/mol. The van der Waals surface area contributed by atoms with Gasteiger partial charge in [-0.15, -0.1) is 11.3 Å². The molecule has 0 bridgehead atoms. The molecular weight excluding hydrogens is 370 g/mol. The summed E-state index contributed by atoms with van der Waals surface area (Å²) >= 11 is 1.72. The Morgan fingerprint density at radius 2 is 2.00 bits per heavy atom. The zero-order valence-electron chi connectivity index (χ0n) is 16.0. The van der Waals surface area contributed by atoms with Crippen molar-refractivity contribution in [3.8, 4) is 0 Å². The summed E-state index contributed by atoms with van der Waals surface area (Å²) in [5.74, 6) is 0. The maximum absolute atomic E-state index is 13.2. The number of aromatic nitrogens is 2. The lowest BCUT2D eigenvalue weighted by molar-refractivity contribution is 0.0140. The molecule has 146 valence electrons. The maximum Gasteiger partial charge on any atom is 0.262 e. The molecule has 0 radical (unpaired) electrons. The highest BCUT2D eigenvalue weighted by atomic mass is 32.1. The smallest absolute Gasteiger partial charge is 0.262 e. The quantitative estimate of drug-likeness (QED) is 0.682. The number of nitrogens with zero attached hydrogens (tertiary/aromatic N) is 3. The summed E-state index contributed by atoms with van der Waals surface area (Å²) in [6, 6.07) is 10.9. The molecule has 1 fully saturated rings. The topological polar surface area (TPSA) is 47.4 Å². The van der Waals surface area contributed by atoms with Crippen LogP contribution in [0.2, 0.25) is 0 Å². The fourth-order valence-electron chi connectivity index (χ4n) is 4.49. The summed E-state index contributed by atoms with van der Waals surface area (Å²) in [6.45, 7) is 4.39. The van der Waals surface area contributed by atoms with Crippen LogP contribution in [0.15, 0.2) is 41.5 Å². The van der Waals surface area contributed by atoms with Gasteiger partial charge in [0.15, 0.2) is 0 Å². The van der Waals surface area contributed by atoms with E-state index in [9.17, 15) is 4.79 Å². The number of morpholine rings is 1. The lowest BCUT2D eigenvalue weighted by Gasteiger charge is -2.36. The average Bonchev–Trinajstić information content (AvgIpc) is 3.13. The van der Waals surface area contributed by atoms with Gasteiger partial charge in [-0.1, -0.05) is 30.3 Å². The first kappa shape index (κ1) is 18.0. The Hall–Kier alpha value is -2.02. The van der Waals surface area contributed by atoms with Gasteiger partial charge in [-0.3, -0.25) is 14.3 Å². The summed E-state index contributed by atoms with van der Waals surface area (Å²) < 4.78 is 7.29. The normalized spacial score (nSPS) is 20.4. The van der Waals surface area contributed by atoms with Gasteiger partial charge in [0.25, 0.3) is 5.56 Å². The van der Waals surface area contributed by atoms with Crippen LogP contribution in [0.3, 0.4) is 0 Å². The molecule has 5 nitrogen and oxygen atoms in total. The van der Waals surface area contributed by atoms with Crippen molar-refractivity contribution in [1.29, 1.82) is 0 Å².